The Morgan fingerprint density at radius 3 is 2.15 bits per heavy atom. The monoisotopic (exact) mass is 346 g/mol. The van der Waals surface area contributed by atoms with Crippen LogP contribution in [0.15, 0.2) is 78.9 Å². The second-order valence-corrected chi connectivity index (χ2v) is 5.55. The molecule has 3 aromatic carbocycles. The Hall–Kier alpha value is -3.40. The summed E-state index contributed by atoms with van der Waals surface area (Å²) in [6.45, 7) is 2.01. The van der Waals surface area contributed by atoms with Gasteiger partial charge in [0.2, 0.25) is 0 Å². The molecule has 0 saturated carbocycles. The summed E-state index contributed by atoms with van der Waals surface area (Å²) in [5, 5.41) is 0. The Morgan fingerprint density at radius 2 is 1.42 bits per heavy atom. The molecule has 0 aliphatic carbocycles. The van der Waals surface area contributed by atoms with Gasteiger partial charge in [0.05, 0.1) is 17.7 Å². The number of esters is 2. The standard InChI is InChI=1S/C22H18O4/c1-2-25-21(23)17-11-8-12-18(15-17)22(24)26-20-14-7-6-13-19(20)16-9-4-3-5-10-16/h3-15H,2H2,1H3. The Balaban J connectivity index is 1.86. The number of carbonyl (C=O) groups excluding carboxylic acids is 2. The van der Waals surface area contributed by atoms with Crippen LogP contribution in [0, 0.1) is 0 Å². The van der Waals surface area contributed by atoms with Gasteiger partial charge in [-0.15, -0.1) is 0 Å². The van der Waals surface area contributed by atoms with Crippen LogP contribution in [-0.2, 0) is 4.74 Å². The van der Waals surface area contributed by atoms with Gasteiger partial charge in [-0.05, 0) is 36.8 Å². The lowest BCUT2D eigenvalue weighted by Crippen LogP contribution is -2.11. The summed E-state index contributed by atoms with van der Waals surface area (Å²) in [5.41, 5.74) is 2.38. The number of benzene rings is 3. The van der Waals surface area contributed by atoms with E-state index < -0.39 is 11.9 Å². The van der Waals surface area contributed by atoms with Crippen LogP contribution in [0.5, 0.6) is 5.75 Å². The number of hydrogen-bond acceptors (Lipinski definition) is 4. The third-order valence-electron chi connectivity index (χ3n) is 3.78. The molecular weight excluding hydrogens is 328 g/mol. The molecule has 4 heteroatoms. The van der Waals surface area contributed by atoms with Gasteiger partial charge in [0.15, 0.2) is 0 Å². The molecule has 0 amide bonds. The van der Waals surface area contributed by atoms with E-state index >= 15 is 0 Å². The SMILES string of the molecule is CCOC(=O)c1cccc(C(=O)Oc2ccccc2-c2ccccc2)c1. The highest BCUT2D eigenvalue weighted by Gasteiger charge is 2.15. The number of para-hydroxylation sites is 1. The van der Waals surface area contributed by atoms with E-state index in [4.69, 9.17) is 9.47 Å². The summed E-state index contributed by atoms with van der Waals surface area (Å²) in [4.78, 5) is 24.4. The summed E-state index contributed by atoms with van der Waals surface area (Å²) in [7, 11) is 0. The molecule has 3 rings (SSSR count). The number of ether oxygens (including phenoxy) is 2. The maximum absolute atomic E-state index is 12.6. The predicted octanol–water partition coefficient (Wildman–Crippen LogP) is 4.75. The quantitative estimate of drug-likeness (QED) is 0.494. The molecule has 0 radical (unpaired) electrons. The highest BCUT2D eigenvalue weighted by molar-refractivity contribution is 5.96. The zero-order valence-corrected chi connectivity index (χ0v) is 14.3. The lowest BCUT2D eigenvalue weighted by Gasteiger charge is -2.10. The Bertz CT molecular complexity index is 916. The highest BCUT2D eigenvalue weighted by Crippen LogP contribution is 2.30. The molecule has 0 saturated heterocycles. The minimum Gasteiger partial charge on any atom is -0.462 e. The van der Waals surface area contributed by atoms with Crippen LogP contribution in [0.25, 0.3) is 11.1 Å². The van der Waals surface area contributed by atoms with Crippen molar-refractivity contribution in [2.24, 2.45) is 0 Å². The molecular formula is C22H18O4. The largest absolute Gasteiger partial charge is 0.462 e. The topological polar surface area (TPSA) is 52.6 Å². The third kappa shape index (κ3) is 3.98. The maximum atomic E-state index is 12.6. The average molecular weight is 346 g/mol. The van der Waals surface area contributed by atoms with Crippen molar-refractivity contribution in [2.75, 3.05) is 6.61 Å². The van der Waals surface area contributed by atoms with Crippen molar-refractivity contribution in [3.05, 3.63) is 90.0 Å². The molecule has 0 N–H and O–H groups in total. The molecule has 0 heterocycles. The molecule has 26 heavy (non-hydrogen) atoms. The number of carbonyl (C=O) groups is 2. The predicted molar refractivity (Wildman–Crippen MR) is 99.2 cm³/mol. The highest BCUT2D eigenvalue weighted by atomic mass is 16.5. The van der Waals surface area contributed by atoms with Gasteiger partial charge in [0.25, 0.3) is 0 Å². The van der Waals surface area contributed by atoms with Crippen molar-refractivity contribution in [1.29, 1.82) is 0 Å². The molecule has 0 fully saturated rings. The Kier molecular flexibility index (Phi) is 5.44. The molecule has 130 valence electrons. The van der Waals surface area contributed by atoms with Gasteiger partial charge in [-0.2, -0.15) is 0 Å². The normalized spacial score (nSPS) is 10.2. The van der Waals surface area contributed by atoms with Crippen LogP contribution in [0.3, 0.4) is 0 Å². The van der Waals surface area contributed by atoms with Gasteiger partial charge in [-0.1, -0.05) is 54.6 Å². The van der Waals surface area contributed by atoms with Crippen molar-refractivity contribution < 1.29 is 19.1 Å². The van der Waals surface area contributed by atoms with E-state index in [1.165, 1.54) is 6.07 Å². The molecule has 0 atom stereocenters. The van der Waals surface area contributed by atoms with Gasteiger partial charge in [0.1, 0.15) is 5.75 Å². The van der Waals surface area contributed by atoms with E-state index in [2.05, 4.69) is 0 Å². The molecule has 0 aliphatic heterocycles. The zero-order valence-electron chi connectivity index (χ0n) is 14.3. The van der Waals surface area contributed by atoms with Gasteiger partial charge in [0, 0.05) is 5.56 Å². The second-order valence-electron chi connectivity index (χ2n) is 5.55. The van der Waals surface area contributed by atoms with Crippen LogP contribution in [-0.4, -0.2) is 18.5 Å². The zero-order chi connectivity index (χ0) is 18.4. The fourth-order valence-corrected chi connectivity index (χ4v) is 2.56. The van der Waals surface area contributed by atoms with Gasteiger partial charge >= 0.3 is 11.9 Å². The first-order chi connectivity index (χ1) is 12.7. The molecule has 0 aliphatic rings. The first-order valence-corrected chi connectivity index (χ1v) is 8.33. The van der Waals surface area contributed by atoms with Crippen LogP contribution in [0.2, 0.25) is 0 Å². The van der Waals surface area contributed by atoms with Crippen LogP contribution >= 0.6 is 0 Å². The summed E-state index contributed by atoms with van der Waals surface area (Å²) in [6, 6.07) is 23.3. The van der Waals surface area contributed by atoms with Crippen LogP contribution < -0.4 is 4.74 Å². The van der Waals surface area contributed by atoms with E-state index in [-0.39, 0.29) is 6.61 Å². The van der Waals surface area contributed by atoms with E-state index in [1.807, 2.05) is 48.5 Å². The molecule has 0 aromatic heterocycles. The summed E-state index contributed by atoms with van der Waals surface area (Å²) >= 11 is 0. The minimum absolute atomic E-state index is 0.276. The van der Waals surface area contributed by atoms with Crippen LogP contribution in [0.1, 0.15) is 27.6 Å². The Morgan fingerprint density at radius 1 is 0.769 bits per heavy atom. The third-order valence-corrected chi connectivity index (χ3v) is 3.78. The van der Waals surface area contributed by atoms with E-state index in [1.54, 1.807) is 31.2 Å². The minimum atomic E-state index is -0.528. The number of rotatable bonds is 5. The van der Waals surface area contributed by atoms with Gasteiger partial charge in [-0.25, -0.2) is 9.59 Å². The van der Waals surface area contributed by atoms with Crippen molar-refractivity contribution >= 4 is 11.9 Å². The molecule has 0 bridgehead atoms. The van der Waals surface area contributed by atoms with E-state index in [0.717, 1.165) is 11.1 Å². The molecule has 3 aromatic rings. The van der Waals surface area contributed by atoms with E-state index in [9.17, 15) is 9.59 Å². The van der Waals surface area contributed by atoms with Crippen molar-refractivity contribution in [3.8, 4) is 16.9 Å². The lowest BCUT2D eigenvalue weighted by atomic mass is 10.0. The maximum Gasteiger partial charge on any atom is 0.343 e. The second kappa shape index (κ2) is 8.12. The summed E-state index contributed by atoms with van der Waals surface area (Å²) in [6.07, 6.45) is 0. The lowest BCUT2D eigenvalue weighted by molar-refractivity contribution is 0.0526. The summed E-state index contributed by atoms with van der Waals surface area (Å²) in [5.74, 6) is -0.531. The van der Waals surface area contributed by atoms with Crippen LogP contribution in [0.4, 0.5) is 0 Å². The first kappa shape index (κ1) is 17.4. The molecule has 0 spiro atoms. The Labute approximate surface area is 152 Å². The fraction of sp³-hybridized carbons (Fsp3) is 0.0909. The average Bonchev–Trinajstić information content (AvgIpc) is 2.69. The smallest absolute Gasteiger partial charge is 0.343 e. The van der Waals surface area contributed by atoms with Gasteiger partial charge in [-0.3, -0.25) is 0 Å². The van der Waals surface area contributed by atoms with E-state index in [0.29, 0.717) is 16.9 Å². The number of hydrogen-bond donors (Lipinski definition) is 0. The molecule has 4 nitrogen and oxygen atoms in total. The van der Waals surface area contributed by atoms with Crippen molar-refractivity contribution in [3.63, 3.8) is 0 Å². The van der Waals surface area contributed by atoms with Crippen molar-refractivity contribution in [2.45, 2.75) is 6.92 Å². The van der Waals surface area contributed by atoms with Crippen molar-refractivity contribution in [1.82, 2.24) is 0 Å². The fourth-order valence-electron chi connectivity index (χ4n) is 2.56. The van der Waals surface area contributed by atoms with Gasteiger partial charge < -0.3 is 9.47 Å². The first-order valence-electron chi connectivity index (χ1n) is 8.33. The molecule has 0 unspecified atom stereocenters. The summed E-state index contributed by atoms with van der Waals surface area (Å²) < 4.78 is 10.6.